The summed E-state index contributed by atoms with van der Waals surface area (Å²) in [6, 6.07) is 10.7. The van der Waals surface area contributed by atoms with Gasteiger partial charge in [-0.15, -0.1) is 11.5 Å². The van der Waals surface area contributed by atoms with Crippen molar-refractivity contribution >= 4 is 14.0 Å². The van der Waals surface area contributed by atoms with Crippen LogP contribution in [0.1, 0.15) is 26.2 Å². The molecule has 0 aliphatic carbocycles. The number of unbranched alkanes of at least 4 members (excludes halogenated alkanes) is 2. The molecule has 0 radical (unpaired) electrons. The second-order valence-electron chi connectivity index (χ2n) is 3.56. The molecule has 0 saturated heterocycles. The van der Waals surface area contributed by atoms with Gasteiger partial charge in [0.2, 0.25) is 0 Å². The fraction of sp³-hybridized carbons (Fsp3) is 0.385. The summed E-state index contributed by atoms with van der Waals surface area (Å²) in [5, 5.41) is 1.46. The highest BCUT2D eigenvalue weighted by Crippen LogP contribution is 1.92. The van der Waals surface area contributed by atoms with Crippen molar-refractivity contribution in [2.24, 2.45) is 0 Å². The lowest BCUT2D eigenvalue weighted by Crippen LogP contribution is -2.24. The first-order valence-electron chi connectivity index (χ1n) is 5.38. The van der Waals surface area contributed by atoms with Crippen LogP contribution in [0.4, 0.5) is 0 Å². The highest BCUT2D eigenvalue weighted by atomic mass is 28.3. The SMILES string of the molecule is CCCCC#C[SiH](C)c1ccccc1. The van der Waals surface area contributed by atoms with Gasteiger partial charge in [-0.05, 0) is 11.6 Å². The molecule has 0 aliphatic rings. The molecule has 0 nitrogen and oxygen atoms in total. The van der Waals surface area contributed by atoms with Gasteiger partial charge in [-0.1, -0.05) is 50.2 Å². The molecule has 14 heavy (non-hydrogen) atoms. The number of benzene rings is 1. The van der Waals surface area contributed by atoms with Crippen molar-refractivity contribution < 1.29 is 0 Å². The number of hydrogen-bond acceptors (Lipinski definition) is 0. The van der Waals surface area contributed by atoms with E-state index in [2.05, 4.69) is 55.3 Å². The molecule has 1 heteroatoms. The average molecular weight is 202 g/mol. The molecule has 1 rings (SSSR count). The van der Waals surface area contributed by atoms with Gasteiger partial charge >= 0.3 is 0 Å². The Kier molecular flexibility index (Phi) is 5.10. The Hall–Kier alpha value is -1.00. The molecule has 74 valence electrons. The molecule has 1 atom stereocenters. The summed E-state index contributed by atoms with van der Waals surface area (Å²) in [5.74, 6) is 3.30. The fourth-order valence-corrected chi connectivity index (χ4v) is 2.73. The minimum Gasteiger partial charge on any atom is -0.130 e. The van der Waals surface area contributed by atoms with Crippen LogP contribution in [0.5, 0.6) is 0 Å². The first-order chi connectivity index (χ1) is 6.84. The number of rotatable bonds is 3. The van der Waals surface area contributed by atoms with Crippen molar-refractivity contribution in [3.05, 3.63) is 30.3 Å². The summed E-state index contributed by atoms with van der Waals surface area (Å²) in [6.07, 6.45) is 3.56. The molecule has 0 N–H and O–H groups in total. The molecule has 0 spiro atoms. The highest BCUT2D eigenvalue weighted by molar-refractivity contribution is 6.79. The Bertz CT molecular complexity index is 305. The highest BCUT2D eigenvalue weighted by Gasteiger charge is 2.00. The van der Waals surface area contributed by atoms with Gasteiger partial charge in [-0.3, -0.25) is 0 Å². The first-order valence-corrected chi connectivity index (χ1v) is 7.69. The minimum atomic E-state index is -0.964. The van der Waals surface area contributed by atoms with Crippen molar-refractivity contribution in [1.82, 2.24) is 0 Å². The summed E-state index contributed by atoms with van der Waals surface area (Å²) < 4.78 is 0. The van der Waals surface area contributed by atoms with E-state index in [1.54, 1.807) is 0 Å². The molecule has 0 fully saturated rings. The third kappa shape index (κ3) is 3.80. The van der Waals surface area contributed by atoms with Crippen LogP contribution >= 0.6 is 0 Å². The third-order valence-corrected chi connectivity index (χ3v) is 4.30. The van der Waals surface area contributed by atoms with Crippen LogP contribution in [0.2, 0.25) is 6.55 Å². The van der Waals surface area contributed by atoms with Gasteiger partial charge in [0.25, 0.3) is 0 Å². The summed E-state index contributed by atoms with van der Waals surface area (Å²) in [4.78, 5) is 0. The topological polar surface area (TPSA) is 0 Å². The zero-order valence-corrected chi connectivity index (χ0v) is 10.2. The number of hydrogen-bond donors (Lipinski definition) is 0. The standard InChI is InChI=1S/C13H18Si/c1-3-4-5-9-12-14(2)13-10-7-6-8-11-13/h6-8,10-11,14H,3-5H2,1-2H3. The van der Waals surface area contributed by atoms with Gasteiger partial charge in [-0.2, -0.15) is 0 Å². The van der Waals surface area contributed by atoms with Crippen LogP contribution in [0.15, 0.2) is 30.3 Å². The Labute approximate surface area is 89.0 Å². The van der Waals surface area contributed by atoms with Crippen LogP contribution in [-0.2, 0) is 0 Å². The van der Waals surface area contributed by atoms with E-state index in [1.165, 1.54) is 18.0 Å². The molecule has 0 bridgehead atoms. The van der Waals surface area contributed by atoms with Crippen molar-refractivity contribution in [3.63, 3.8) is 0 Å². The minimum absolute atomic E-state index is 0.964. The summed E-state index contributed by atoms with van der Waals surface area (Å²) in [5.41, 5.74) is 3.42. The van der Waals surface area contributed by atoms with Gasteiger partial charge < -0.3 is 0 Å². The van der Waals surface area contributed by atoms with E-state index in [0.29, 0.717) is 0 Å². The maximum Gasteiger partial charge on any atom is 0.150 e. The predicted molar refractivity (Wildman–Crippen MR) is 66.4 cm³/mol. The zero-order chi connectivity index (χ0) is 10.2. The van der Waals surface area contributed by atoms with E-state index >= 15 is 0 Å². The van der Waals surface area contributed by atoms with Gasteiger partial charge in [0.15, 0.2) is 0 Å². The van der Waals surface area contributed by atoms with Crippen molar-refractivity contribution in [2.45, 2.75) is 32.7 Å². The lowest BCUT2D eigenvalue weighted by atomic mass is 10.3. The van der Waals surface area contributed by atoms with Gasteiger partial charge in [0.05, 0.1) is 0 Å². The molecule has 0 heterocycles. The largest absolute Gasteiger partial charge is 0.150 e. The van der Waals surface area contributed by atoms with Crippen molar-refractivity contribution in [1.29, 1.82) is 0 Å². The molecule has 0 aliphatic heterocycles. The second-order valence-corrected chi connectivity index (χ2v) is 5.96. The monoisotopic (exact) mass is 202 g/mol. The molecular weight excluding hydrogens is 184 g/mol. The Morgan fingerprint density at radius 3 is 2.57 bits per heavy atom. The quantitative estimate of drug-likeness (QED) is 0.401. The molecule has 0 aromatic heterocycles. The van der Waals surface area contributed by atoms with Crippen LogP contribution < -0.4 is 5.19 Å². The lowest BCUT2D eigenvalue weighted by molar-refractivity contribution is 0.828. The smallest absolute Gasteiger partial charge is 0.130 e. The molecule has 0 saturated carbocycles. The molecule has 0 amide bonds. The molecule has 1 aromatic carbocycles. The summed E-state index contributed by atoms with van der Waals surface area (Å²) in [6.45, 7) is 4.51. The van der Waals surface area contributed by atoms with Crippen LogP contribution in [0.25, 0.3) is 0 Å². The van der Waals surface area contributed by atoms with E-state index in [1.807, 2.05) is 0 Å². The average Bonchev–Trinajstić information content (AvgIpc) is 2.25. The van der Waals surface area contributed by atoms with Crippen LogP contribution in [0, 0.1) is 11.5 Å². The maximum atomic E-state index is 3.42. The third-order valence-electron chi connectivity index (χ3n) is 2.27. The Morgan fingerprint density at radius 2 is 1.93 bits per heavy atom. The Balaban J connectivity index is 2.49. The van der Waals surface area contributed by atoms with E-state index in [0.717, 1.165) is 6.42 Å². The molecule has 1 aromatic rings. The van der Waals surface area contributed by atoms with E-state index < -0.39 is 8.80 Å². The van der Waals surface area contributed by atoms with Gasteiger partial charge in [-0.25, -0.2) is 0 Å². The van der Waals surface area contributed by atoms with E-state index in [-0.39, 0.29) is 0 Å². The van der Waals surface area contributed by atoms with Gasteiger partial charge in [0, 0.05) is 6.42 Å². The zero-order valence-electron chi connectivity index (χ0n) is 9.09. The summed E-state index contributed by atoms with van der Waals surface area (Å²) >= 11 is 0. The second kappa shape index (κ2) is 6.45. The molecular formula is C13H18Si. The van der Waals surface area contributed by atoms with Crippen molar-refractivity contribution in [2.75, 3.05) is 0 Å². The van der Waals surface area contributed by atoms with E-state index in [9.17, 15) is 0 Å². The summed E-state index contributed by atoms with van der Waals surface area (Å²) in [7, 11) is -0.964. The maximum absolute atomic E-state index is 3.42. The lowest BCUT2D eigenvalue weighted by Gasteiger charge is -2.00. The van der Waals surface area contributed by atoms with Crippen LogP contribution in [-0.4, -0.2) is 8.80 Å². The fourth-order valence-electron chi connectivity index (χ4n) is 1.32. The Morgan fingerprint density at radius 1 is 1.21 bits per heavy atom. The first kappa shape index (κ1) is 11.1. The normalized spacial score (nSPS) is 11.6. The van der Waals surface area contributed by atoms with Gasteiger partial charge in [0.1, 0.15) is 8.80 Å². The molecule has 1 unspecified atom stereocenters. The van der Waals surface area contributed by atoms with E-state index in [4.69, 9.17) is 0 Å². The van der Waals surface area contributed by atoms with Crippen LogP contribution in [0.3, 0.4) is 0 Å². The van der Waals surface area contributed by atoms with Crippen molar-refractivity contribution in [3.8, 4) is 11.5 Å². The predicted octanol–water partition coefficient (Wildman–Crippen LogP) is 2.48.